The predicted octanol–water partition coefficient (Wildman–Crippen LogP) is 2.33. The lowest BCUT2D eigenvalue weighted by Gasteiger charge is -2.29. The van der Waals surface area contributed by atoms with E-state index in [4.69, 9.17) is 4.74 Å². The van der Waals surface area contributed by atoms with Crippen LogP contribution in [0.4, 0.5) is 0 Å². The maximum atomic E-state index is 5.82. The van der Waals surface area contributed by atoms with E-state index in [-0.39, 0.29) is 6.10 Å². The molecule has 1 heterocycles. The minimum atomic E-state index is 0.249. The zero-order valence-electron chi connectivity index (χ0n) is 10.6. The van der Waals surface area contributed by atoms with Crippen LogP contribution in [0.15, 0.2) is 11.6 Å². The summed E-state index contributed by atoms with van der Waals surface area (Å²) in [6.07, 6.45) is 3.05. The van der Waals surface area contributed by atoms with E-state index in [0.29, 0.717) is 12.0 Å². The summed E-state index contributed by atoms with van der Waals surface area (Å²) >= 11 is 1.71. The smallest absolute Gasteiger partial charge is 0.0941 e. The average molecular weight is 242 g/mol. The highest BCUT2D eigenvalue weighted by molar-refractivity contribution is 7.09. The Bertz CT molecular complexity index is 275. The highest BCUT2D eigenvalue weighted by atomic mass is 32.1. The van der Waals surface area contributed by atoms with Crippen molar-refractivity contribution in [2.45, 2.75) is 39.3 Å². The molecule has 2 unspecified atom stereocenters. The van der Waals surface area contributed by atoms with Crippen LogP contribution in [-0.2, 0) is 11.2 Å². The fourth-order valence-electron chi connectivity index (χ4n) is 1.89. The first-order chi connectivity index (χ1) is 7.69. The molecule has 0 saturated heterocycles. The third kappa shape index (κ3) is 3.85. The van der Waals surface area contributed by atoms with Crippen molar-refractivity contribution >= 4 is 11.3 Å². The number of hydrogen-bond acceptors (Lipinski definition) is 4. The maximum Gasteiger partial charge on any atom is 0.0941 e. The van der Waals surface area contributed by atoms with E-state index in [0.717, 1.165) is 13.0 Å². The number of thiazole rings is 1. The fraction of sp³-hybridized carbons (Fsp3) is 0.750. The van der Waals surface area contributed by atoms with Crippen LogP contribution in [0.5, 0.6) is 0 Å². The van der Waals surface area contributed by atoms with Crippen LogP contribution >= 0.6 is 11.3 Å². The monoisotopic (exact) mass is 242 g/mol. The summed E-state index contributed by atoms with van der Waals surface area (Å²) in [4.78, 5) is 4.33. The molecule has 1 aromatic rings. The first-order valence-electron chi connectivity index (χ1n) is 5.86. The molecule has 1 aromatic heterocycles. The highest BCUT2D eigenvalue weighted by Gasteiger charge is 2.24. The fourth-order valence-corrected chi connectivity index (χ4v) is 2.57. The van der Waals surface area contributed by atoms with Crippen molar-refractivity contribution in [1.82, 2.24) is 10.3 Å². The van der Waals surface area contributed by atoms with Crippen molar-refractivity contribution in [2.24, 2.45) is 5.92 Å². The Morgan fingerprint density at radius 3 is 2.69 bits per heavy atom. The number of aromatic nitrogens is 1. The van der Waals surface area contributed by atoms with Crippen LogP contribution in [0, 0.1) is 5.92 Å². The minimum absolute atomic E-state index is 0.249. The largest absolute Gasteiger partial charge is 0.377 e. The van der Waals surface area contributed by atoms with E-state index in [9.17, 15) is 0 Å². The summed E-state index contributed by atoms with van der Waals surface area (Å²) in [5, 5.41) is 6.54. The van der Waals surface area contributed by atoms with Crippen molar-refractivity contribution in [2.75, 3.05) is 13.7 Å². The lowest BCUT2D eigenvalue weighted by atomic mass is 9.97. The summed E-state index contributed by atoms with van der Waals surface area (Å²) in [5.41, 5.74) is 0. The van der Waals surface area contributed by atoms with Gasteiger partial charge < -0.3 is 10.1 Å². The zero-order chi connectivity index (χ0) is 12.0. The third-order valence-electron chi connectivity index (χ3n) is 2.66. The van der Waals surface area contributed by atoms with E-state index in [1.165, 1.54) is 5.01 Å². The summed E-state index contributed by atoms with van der Waals surface area (Å²) < 4.78 is 5.82. The second kappa shape index (κ2) is 6.99. The molecule has 2 atom stereocenters. The van der Waals surface area contributed by atoms with Crippen LogP contribution in [0.1, 0.15) is 25.8 Å². The molecule has 1 rings (SSSR count). The Balaban J connectivity index is 2.63. The van der Waals surface area contributed by atoms with E-state index in [1.54, 1.807) is 11.3 Å². The molecule has 0 bridgehead atoms. The summed E-state index contributed by atoms with van der Waals surface area (Å²) in [6, 6.07) is 0.339. The maximum absolute atomic E-state index is 5.82. The lowest BCUT2D eigenvalue weighted by molar-refractivity contribution is 0.00534. The molecule has 4 heteroatoms. The van der Waals surface area contributed by atoms with E-state index < -0.39 is 0 Å². The molecule has 0 aliphatic rings. The Labute approximate surface area is 102 Å². The van der Waals surface area contributed by atoms with Crippen molar-refractivity contribution in [3.05, 3.63) is 16.6 Å². The molecule has 0 aliphatic carbocycles. The van der Waals surface area contributed by atoms with Gasteiger partial charge >= 0.3 is 0 Å². The van der Waals surface area contributed by atoms with Gasteiger partial charge in [0.25, 0.3) is 0 Å². The van der Waals surface area contributed by atoms with Gasteiger partial charge in [0.15, 0.2) is 0 Å². The van der Waals surface area contributed by atoms with Gasteiger partial charge in [0.05, 0.1) is 11.1 Å². The lowest BCUT2D eigenvalue weighted by Crippen LogP contribution is -2.44. The number of hydrogen-bond donors (Lipinski definition) is 1. The van der Waals surface area contributed by atoms with Gasteiger partial charge in [0.2, 0.25) is 0 Å². The molecule has 0 amide bonds. The zero-order valence-corrected chi connectivity index (χ0v) is 11.4. The molecular formula is C12H22N2OS. The van der Waals surface area contributed by atoms with Crippen LogP contribution in [0.3, 0.4) is 0 Å². The molecule has 0 saturated carbocycles. The SMILES string of the molecule is CCOC(C(C)C)C(Cc1nccs1)NC. The molecule has 0 fully saturated rings. The molecule has 0 spiro atoms. The minimum Gasteiger partial charge on any atom is -0.377 e. The molecule has 0 aliphatic heterocycles. The molecule has 0 aromatic carbocycles. The van der Waals surface area contributed by atoms with Gasteiger partial charge in [0, 0.05) is 30.6 Å². The Morgan fingerprint density at radius 1 is 1.50 bits per heavy atom. The number of nitrogens with zero attached hydrogens (tertiary/aromatic N) is 1. The van der Waals surface area contributed by atoms with E-state index >= 15 is 0 Å². The molecule has 0 radical (unpaired) electrons. The van der Waals surface area contributed by atoms with E-state index in [1.807, 2.05) is 25.5 Å². The van der Waals surface area contributed by atoms with Gasteiger partial charge in [0.1, 0.15) is 0 Å². The Hall–Kier alpha value is -0.450. The Morgan fingerprint density at radius 2 is 2.25 bits per heavy atom. The summed E-state index contributed by atoms with van der Waals surface area (Å²) in [5.74, 6) is 0.511. The first kappa shape index (κ1) is 13.6. The van der Waals surface area contributed by atoms with Crippen molar-refractivity contribution < 1.29 is 4.74 Å². The predicted molar refractivity (Wildman–Crippen MR) is 68.9 cm³/mol. The van der Waals surface area contributed by atoms with Gasteiger partial charge in [-0.3, -0.25) is 0 Å². The average Bonchev–Trinajstić information content (AvgIpc) is 2.75. The van der Waals surface area contributed by atoms with Gasteiger partial charge in [-0.25, -0.2) is 4.98 Å². The van der Waals surface area contributed by atoms with Gasteiger partial charge in [-0.2, -0.15) is 0 Å². The molecule has 16 heavy (non-hydrogen) atoms. The number of rotatable bonds is 7. The molecule has 1 N–H and O–H groups in total. The van der Waals surface area contributed by atoms with Gasteiger partial charge in [-0.1, -0.05) is 13.8 Å². The van der Waals surface area contributed by atoms with Crippen LogP contribution < -0.4 is 5.32 Å². The summed E-state index contributed by atoms with van der Waals surface area (Å²) in [6.45, 7) is 7.21. The second-order valence-corrected chi connectivity index (χ2v) is 5.17. The standard InChI is InChI=1S/C12H22N2OS/c1-5-15-12(9(2)3)10(13-4)8-11-14-6-7-16-11/h6-7,9-10,12-13H,5,8H2,1-4H3. The molecule has 92 valence electrons. The van der Waals surface area contributed by atoms with Gasteiger partial charge in [-0.05, 0) is 19.9 Å². The highest BCUT2D eigenvalue weighted by Crippen LogP contribution is 2.16. The third-order valence-corrected chi connectivity index (χ3v) is 3.46. The van der Waals surface area contributed by atoms with Crippen LogP contribution in [0.25, 0.3) is 0 Å². The van der Waals surface area contributed by atoms with E-state index in [2.05, 4.69) is 24.1 Å². The van der Waals surface area contributed by atoms with Crippen LogP contribution in [-0.4, -0.2) is 30.8 Å². The van der Waals surface area contributed by atoms with Gasteiger partial charge in [-0.15, -0.1) is 11.3 Å². The van der Waals surface area contributed by atoms with Crippen LogP contribution in [0.2, 0.25) is 0 Å². The quantitative estimate of drug-likeness (QED) is 0.797. The number of likely N-dealkylation sites (N-methyl/N-ethyl adjacent to an activating group) is 1. The summed E-state index contributed by atoms with van der Waals surface area (Å²) in [7, 11) is 1.99. The molecule has 3 nitrogen and oxygen atoms in total. The number of ether oxygens (including phenoxy) is 1. The van der Waals surface area contributed by atoms with Crippen molar-refractivity contribution in [3.8, 4) is 0 Å². The second-order valence-electron chi connectivity index (χ2n) is 4.19. The normalized spacial score (nSPS) is 15.3. The van der Waals surface area contributed by atoms with Crippen molar-refractivity contribution in [3.63, 3.8) is 0 Å². The topological polar surface area (TPSA) is 34.1 Å². The first-order valence-corrected chi connectivity index (χ1v) is 6.74. The Kier molecular flexibility index (Phi) is 5.95. The van der Waals surface area contributed by atoms with Crippen molar-refractivity contribution in [1.29, 1.82) is 0 Å². The molecular weight excluding hydrogens is 220 g/mol. The number of nitrogens with one attached hydrogen (secondary N) is 1.